The van der Waals surface area contributed by atoms with E-state index in [1.807, 2.05) is 0 Å². The number of benzene rings is 1. The van der Waals surface area contributed by atoms with Crippen molar-refractivity contribution in [2.24, 2.45) is 5.92 Å². The summed E-state index contributed by atoms with van der Waals surface area (Å²) in [5.41, 5.74) is 0.692. The Morgan fingerprint density at radius 1 is 1.42 bits per heavy atom. The molecule has 0 saturated carbocycles. The van der Waals surface area contributed by atoms with Gasteiger partial charge in [-0.3, -0.25) is 10.1 Å². The van der Waals surface area contributed by atoms with E-state index in [4.69, 9.17) is 21.1 Å². The number of halogens is 1. The third kappa shape index (κ3) is 3.81. The summed E-state index contributed by atoms with van der Waals surface area (Å²) in [5.74, 6) is 0.965. The fraction of sp³-hybridized carbons (Fsp3) is 0.538. The second-order valence-corrected chi connectivity index (χ2v) is 4.83. The van der Waals surface area contributed by atoms with Crippen LogP contribution in [0.25, 0.3) is 0 Å². The molecule has 0 aliphatic carbocycles. The minimum absolute atomic E-state index is 0.0230. The number of alkyl halides is 1. The molecule has 1 aromatic carbocycles. The molecule has 1 fully saturated rings. The zero-order chi connectivity index (χ0) is 13.7. The molecular formula is C13H16ClNO4. The quantitative estimate of drug-likeness (QED) is 0.474. The van der Waals surface area contributed by atoms with E-state index in [1.165, 1.54) is 6.07 Å². The molecule has 0 aromatic heterocycles. The van der Waals surface area contributed by atoms with Gasteiger partial charge in [-0.2, -0.15) is 0 Å². The van der Waals surface area contributed by atoms with Crippen molar-refractivity contribution in [2.75, 3.05) is 19.8 Å². The Labute approximate surface area is 116 Å². The highest BCUT2D eigenvalue weighted by Crippen LogP contribution is 2.29. The molecule has 0 N–H and O–H groups in total. The van der Waals surface area contributed by atoms with Gasteiger partial charge in [-0.25, -0.2) is 0 Å². The summed E-state index contributed by atoms with van der Waals surface area (Å²) in [4.78, 5) is 10.6. The molecule has 0 unspecified atom stereocenters. The molecule has 104 valence electrons. The van der Waals surface area contributed by atoms with Crippen LogP contribution in [0.4, 0.5) is 5.69 Å². The molecule has 6 heteroatoms. The lowest BCUT2D eigenvalue weighted by Gasteiger charge is -2.22. The predicted octanol–water partition coefficient (Wildman–Crippen LogP) is 3.14. The fourth-order valence-corrected chi connectivity index (χ4v) is 2.20. The summed E-state index contributed by atoms with van der Waals surface area (Å²) in [6, 6.07) is 4.83. The standard InChI is InChI=1S/C13H16ClNO4/c14-8-11-1-2-13(12(7-11)15(16)17)19-9-10-3-5-18-6-4-10/h1-2,7,10H,3-6,8-9H2. The summed E-state index contributed by atoms with van der Waals surface area (Å²) >= 11 is 5.68. The molecule has 1 saturated heterocycles. The minimum Gasteiger partial charge on any atom is -0.487 e. The summed E-state index contributed by atoms with van der Waals surface area (Å²) in [6.07, 6.45) is 1.88. The third-order valence-electron chi connectivity index (χ3n) is 3.19. The highest BCUT2D eigenvalue weighted by molar-refractivity contribution is 6.17. The van der Waals surface area contributed by atoms with Gasteiger partial charge in [0.25, 0.3) is 0 Å². The van der Waals surface area contributed by atoms with Gasteiger partial charge in [0.15, 0.2) is 5.75 Å². The Kier molecular flexibility index (Phi) is 4.99. The normalized spacial score (nSPS) is 16.3. The molecule has 5 nitrogen and oxygen atoms in total. The van der Waals surface area contributed by atoms with E-state index in [2.05, 4.69) is 0 Å². The summed E-state index contributed by atoms with van der Waals surface area (Å²) in [5, 5.41) is 11.0. The summed E-state index contributed by atoms with van der Waals surface area (Å²) < 4.78 is 10.9. The lowest BCUT2D eigenvalue weighted by molar-refractivity contribution is -0.386. The van der Waals surface area contributed by atoms with Crippen molar-refractivity contribution in [3.63, 3.8) is 0 Å². The van der Waals surface area contributed by atoms with Crippen LogP contribution in [0, 0.1) is 16.0 Å². The van der Waals surface area contributed by atoms with Crippen molar-refractivity contribution in [1.82, 2.24) is 0 Å². The first-order valence-corrected chi connectivity index (χ1v) is 6.78. The number of rotatable bonds is 5. The molecule has 2 rings (SSSR count). The molecule has 0 bridgehead atoms. The first-order valence-electron chi connectivity index (χ1n) is 6.24. The number of nitro groups is 1. The Bertz CT molecular complexity index is 446. The smallest absolute Gasteiger partial charge is 0.311 e. The van der Waals surface area contributed by atoms with E-state index in [9.17, 15) is 10.1 Å². The number of nitrogens with zero attached hydrogens (tertiary/aromatic N) is 1. The van der Waals surface area contributed by atoms with Gasteiger partial charge in [0, 0.05) is 25.2 Å². The van der Waals surface area contributed by atoms with Crippen LogP contribution in [0.5, 0.6) is 5.75 Å². The lowest BCUT2D eigenvalue weighted by atomic mass is 10.0. The van der Waals surface area contributed by atoms with Crippen LogP contribution >= 0.6 is 11.6 Å². The van der Waals surface area contributed by atoms with Crippen LogP contribution in [-0.4, -0.2) is 24.7 Å². The molecule has 0 radical (unpaired) electrons. The van der Waals surface area contributed by atoms with Crippen LogP contribution in [0.1, 0.15) is 18.4 Å². The summed E-state index contributed by atoms with van der Waals surface area (Å²) in [7, 11) is 0. The summed E-state index contributed by atoms with van der Waals surface area (Å²) in [6.45, 7) is 1.97. The van der Waals surface area contributed by atoms with Crippen molar-refractivity contribution < 1.29 is 14.4 Å². The maximum Gasteiger partial charge on any atom is 0.311 e. The van der Waals surface area contributed by atoms with Crippen molar-refractivity contribution >= 4 is 17.3 Å². The Morgan fingerprint density at radius 3 is 2.79 bits per heavy atom. The van der Waals surface area contributed by atoms with Crippen molar-refractivity contribution in [3.8, 4) is 5.75 Å². The largest absolute Gasteiger partial charge is 0.487 e. The van der Waals surface area contributed by atoms with E-state index in [0.29, 0.717) is 23.8 Å². The molecule has 19 heavy (non-hydrogen) atoms. The monoisotopic (exact) mass is 285 g/mol. The van der Waals surface area contributed by atoms with Gasteiger partial charge in [-0.15, -0.1) is 11.6 Å². The molecule has 0 amide bonds. The van der Waals surface area contributed by atoms with Gasteiger partial charge in [0.05, 0.1) is 11.5 Å². The van der Waals surface area contributed by atoms with Gasteiger partial charge in [-0.1, -0.05) is 6.07 Å². The highest BCUT2D eigenvalue weighted by Gasteiger charge is 2.19. The average molecular weight is 286 g/mol. The minimum atomic E-state index is -0.435. The number of hydrogen-bond donors (Lipinski definition) is 0. The second-order valence-electron chi connectivity index (χ2n) is 4.56. The van der Waals surface area contributed by atoms with Gasteiger partial charge in [0.1, 0.15) is 0 Å². The first-order chi connectivity index (χ1) is 9.20. The SMILES string of the molecule is O=[N+]([O-])c1cc(CCl)ccc1OCC1CCOCC1. The topological polar surface area (TPSA) is 61.6 Å². The Morgan fingerprint density at radius 2 is 2.16 bits per heavy atom. The van der Waals surface area contributed by atoms with E-state index >= 15 is 0 Å². The number of ether oxygens (including phenoxy) is 2. The lowest BCUT2D eigenvalue weighted by Crippen LogP contribution is -2.21. The van der Waals surface area contributed by atoms with Gasteiger partial charge in [-0.05, 0) is 30.4 Å². The highest BCUT2D eigenvalue weighted by atomic mass is 35.5. The van der Waals surface area contributed by atoms with Gasteiger partial charge >= 0.3 is 5.69 Å². The van der Waals surface area contributed by atoms with Crippen LogP contribution in [0.3, 0.4) is 0 Å². The zero-order valence-corrected chi connectivity index (χ0v) is 11.3. The van der Waals surface area contributed by atoms with Crippen molar-refractivity contribution in [2.45, 2.75) is 18.7 Å². The molecule has 0 atom stereocenters. The zero-order valence-electron chi connectivity index (χ0n) is 10.5. The van der Waals surface area contributed by atoms with E-state index < -0.39 is 4.92 Å². The van der Waals surface area contributed by atoms with E-state index in [1.54, 1.807) is 12.1 Å². The Hall–Kier alpha value is -1.33. The fourth-order valence-electron chi connectivity index (χ4n) is 2.03. The van der Waals surface area contributed by atoms with Crippen molar-refractivity contribution in [3.05, 3.63) is 33.9 Å². The van der Waals surface area contributed by atoms with Crippen LogP contribution in [0.2, 0.25) is 0 Å². The van der Waals surface area contributed by atoms with Crippen LogP contribution in [0.15, 0.2) is 18.2 Å². The predicted molar refractivity (Wildman–Crippen MR) is 71.7 cm³/mol. The number of hydrogen-bond acceptors (Lipinski definition) is 4. The van der Waals surface area contributed by atoms with Gasteiger partial charge in [0.2, 0.25) is 0 Å². The molecular weight excluding hydrogens is 270 g/mol. The molecule has 1 heterocycles. The van der Waals surface area contributed by atoms with Crippen molar-refractivity contribution in [1.29, 1.82) is 0 Å². The van der Waals surface area contributed by atoms with Gasteiger partial charge < -0.3 is 9.47 Å². The van der Waals surface area contributed by atoms with E-state index in [0.717, 1.165) is 26.1 Å². The number of nitro benzene ring substituents is 1. The molecule has 1 aliphatic rings. The Balaban J connectivity index is 2.04. The third-order valence-corrected chi connectivity index (χ3v) is 3.50. The molecule has 1 aliphatic heterocycles. The maximum absolute atomic E-state index is 11.0. The first kappa shape index (κ1) is 14.1. The maximum atomic E-state index is 11.0. The van der Waals surface area contributed by atoms with E-state index in [-0.39, 0.29) is 11.6 Å². The molecule has 0 spiro atoms. The average Bonchev–Trinajstić information content (AvgIpc) is 2.46. The molecule has 1 aromatic rings. The van der Waals surface area contributed by atoms with Crippen LogP contribution < -0.4 is 4.74 Å². The second kappa shape index (κ2) is 6.73. The van der Waals surface area contributed by atoms with Crippen LogP contribution in [-0.2, 0) is 10.6 Å².